The van der Waals surface area contributed by atoms with Crippen molar-refractivity contribution in [3.8, 4) is 16.2 Å². The fourth-order valence-corrected chi connectivity index (χ4v) is 4.66. The molecule has 8 heteroatoms. The first-order chi connectivity index (χ1) is 14.7. The van der Waals surface area contributed by atoms with Crippen LogP contribution in [0.1, 0.15) is 56.8 Å². The van der Waals surface area contributed by atoms with Crippen molar-refractivity contribution in [1.82, 2.24) is 10.7 Å². The van der Waals surface area contributed by atoms with Crippen LogP contribution in [-0.2, 0) is 0 Å². The lowest BCUT2D eigenvalue weighted by atomic mass is 10.0. The highest BCUT2D eigenvalue weighted by Crippen LogP contribution is 2.39. The van der Waals surface area contributed by atoms with Crippen LogP contribution in [0.3, 0.4) is 0 Å². The highest BCUT2D eigenvalue weighted by molar-refractivity contribution is 7.16. The van der Waals surface area contributed by atoms with Gasteiger partial charge in [-0.25, -0.2) is 5.43 Å². The molecule has 31 heavy (non-hydrogen) atoms. The van der Waals surface area contributed by atoms with Crippen molar-refractivity contribution >= 4 is 40.2 Å². The molecule has 6 nitrogen and oxygen atoms in total. The topological polar surface area (TPSA) is 90.8 Å². The fraction of sp³-hybridized carbons (Fsp3) is 0.261. The summed E-state index contributed by atoms with van der Waals surface area (Å²) < 4.78 is 0. The summed E-state index contributed by atoms with van der Waals surface area (Å²) in [6.07, 6.45) is 0. The Kier molecular flexibility index (Phi) is 6.92. The van der Waals surface area contributed by atoms with Crippen molar-refractivity contribution in [2.45, 2.75) is 40.7 Å². The molecular weight excluding hydrogens is 430 g/mol. The van der Waals surface area contributed by atoms with E-state index in [2.05, 4.69) is 15.8 Å². The summed E-state index contributed by atoms with van der Waals surface area (Å²) in [6, 6.07) is 9.29. The first-order valence-electron chi connectivity index (χ1n) is 9.81. The van der Waals surface area contributed by atoms with E-state index in [9.17, 15) is 14.7 Å². The van der Waals surface area contributed by atoms with Gasteiger partial charge in [0, 0.05) is 11.4 Å². The zero-order valence-corrected chi connectivity index (χ0v) is 19.7. The normalized spacial score (nSPS) is 11.6. The van der Waals surface area contributed by atoms with Crippen LogP contribution in [0.15, 0.2) is 40.8 Å². The Hall–Kier alpha value is -2.97. The Morgan fingerprint density at radius 2 is 1.71 bits per heavy atom. The predicted octanol–water partition coefficient (Wildman–Crippen LogP) is 5.09. The summed E-state index contributed by atoms with van der Waals surface area (Å²) >= 11 is 2.53. The van der Waals surface area contributed by atoms with Gasteiger partial charge < -0.3 is 10.4 Å². The average Bonchev–Trinajstić information content (AvgIpc) is 3.35. The second-order valence-corrected chi connectivity index (χ2v) is 9.52. The van der Waals surface area contributed by atoms with Crippen LogP contribution >= 0.6 is 22.7 Å². The zero-order chi connectivity index (χ0) is 22.7. The molecule has 0 saturated heterocycles. The summed E-state index contributed by atoms with van der Waals surface area (Å²) in [7, 11) is 0. The molecule has 0 aliphatic rings. The Morgan fingerprint density at radius 1 is 1.03 bits per heavy atom. The van der Waals surface area contributed by atoms with Crippen LogP contribution in [0.4, 0.5) is 0 Å². The average molecular weight is 456 g/mol. The predicted molar refractivity (Wildman–Crippen MR) is 127 cm³/mol. The monoisotopic (exact) mass is 455 g/mol. The lowest BCUT2D eigenvalue weighted by Crippen LogP contribution is -2.29. The molecule has 0 fully saturated rings. The van der Waals surface area contributed by atoms with Gasteiger partial charge in [0.05, 0.1) is 25.9 Å². The minimum atomic E-state index is -0.406. The maximum atomic E-state index is 12.4. The van der Waals surface area contributed by atoms with E-state index in [1.165, 1.54) is 16.9 Å². The molecule has 2 heterocycles. The van der Waals surface area contributed by atoms with E-state index in [1.807, 2.05) is 51.3 Å². The van der Waals surface area contributed by atoms with Gasteiger partial charge in [-0.05, 0) is 63.4 Å². The van der Waals surface area contributed by atoms with Gasteiger partial charge in [-0.2, -0.15) is 5.10 Å². The van der Waals surface area contributed by atoms with Crippen molar-refractivity contribution in [1.29, 1.82) is 0 Å². The molecule has 1 aromatic carbocycles. The van der Waals surface area contributed by atoms with Crippen molar-refractivity contribution in [2.24, 2.45) is 5.10 Å². The molecule has 3 N–H and O–H groups in total. The molecule has 0 aliphatic carbocycles. The molecule has 3 rings (SSSR count). The SMILES string of the molecule is C/C(=N/NC(=O)c1ccc(C(=O)NC(C)C)s1)c1csc(-c2ccc(C)c(C)c2)c1O. The second-order valence-electron chi connectivity index (χ2n) is 7.56. The van der Waals surface area contributed by atoms with E-state index in [-0.39, 0.29) is 17.7 Å². The molecule has 0 bridgehead atoms. The number of aromatic hydroxyl groups is 1. The number of carbonyl (C=O) groups excluding carboxylic acids is 2. The quantitative estimate of drug-likeness (QED) is 0.357. The summed E-state index contributed by atoms with van der Waals surface area (Å²) in [5.41, 5.74) is 6.86. The maximum Gasteiger partial charge on any atom is 0.281 e. The van der Waals surface area contributed by atoms with Crippen LogP contribution in [0.2, 0.25) is 0 Å². The molecule has 3 aromatic rings. The highest BCUT2D eigenvalue weighted by atomic mass is 32.1. The molecular formula is C23H25N3O3S2. The second kappa shape index (κ2) is 9.45. The van der Waals surface area contributed by atoms with E-state index in [0.29, 0.717) is 21.0 Å². The molecule has 2 amide bonds. The summed E-state index contributed by atoms with van der Waals surface area (Å²) in [5.74, 6) is -0.467. The Bertz CT molecular complexity index is 1160. The molecule has 0 atom stereocenters. The smallest absolute Gasteiger partial charge is 0.281 e. The number of hydrogen-bond acceptors (Lipinski definition) is 6. The molecule has 0 saturated carbocycles. The van der Waals surface area contributed by atoms with Crippen LogP contribution in [-0.4, -0.2) is 28.7 Å². The van der Waals surface area contributed by atoms with Gasteiger partial charge in [0.15, 0.2) is 0 Å². The van der Waals surface area contributed by atoms with E-state index in [0.717, 1.165) is 27.3 Å². The fourth-order valence-electron chi connectivity index (χ4n) is 2.86. The van der Waals surface area contributed by atoms with Crippen LogP contribution < -0.4 is 10.7 Å². The molecule has 0 radical (unpaired) electrons. The number of amides is 2. The van der Waals surface area contributed by atoms with Crippen molar-refractivity contribution in [3.05, 3.63) is 62.2 Å². The lowest BCUT2D eigenvalue weighted by molar-refractivity contribution is 0.0944. The van der Waals surface area contributed by atoms with E-state index in [1.54, 1.807) is 19.1 Å². The van der Waals surface area contributed by atoms with Crippen molar-refractivity contribution in [2.75, 3.05) is 0 Å². The van der Waals surface area contributed by atoms with E-state index in [4.69, 9.17) is 0 Å². The summed E-state index contributed by atoms with van der Waals surface area (Å²) in [6.45, 7) is 9.56. The number of hydrazone groups is 1. The Balaban J connectivity index is 1.73. The highest BCUT2D eigenvalue weighted by Gasteiger charge is 2.17. The van der Waals surface area contributed by atoms with E-state index < -0.39 is 5.91 Å². The van der Waals surface area contributed by atoms with Gasteiger partial charge in [0.25, 0.3) is 11.8 Å². The molecule has 2 aromatic heterocycles. The third-order valence-electron chi connectivity index (χ3n) is 4.72. The van der Waals surface area contributed by atoms with E-state index >= 15 is 0 Å². The third-order valence-corrected chi connectivity index (χ3v) is 6.82. The van der Waals surface area contributed by atoms with Gasteiger partial charge in [-0.1, -0.05) is 18.2 Å². The standard InChI is InChI=1S/C23H25N3O3S2/c1-12(2)24-22(28)18-8-9-19(31-18)23(29)26-25-15(5)17-11-30-21(20(17)27)16-7-6-13(3)14(4)10-16/h6-12,27H,1-5H3,(H,24,28)(H,26,29)/b25-15-. The first kappa shape index (κ1) is 22.7. The number of aryl methyl sites for hydroxylation is 2. The summed E-state index contributed by atoms with van der Waals surface area (Å²) in [4.78, 5) is 26.1. The number of carbonyl (C=O) groups is 2. The molecule has 0 aliphatic heterocycles. The largest absolute Gasteiger partial charge is 0.506 e. The minimum absolute atomic E-state index is 0.0196. The molecule has 0 unspecified atom stereocenters. The number of nitrogens with zero attached hydrogens (tertiary/aromatic N) is 1. The number of hydrogen-bond donors (Lipinski definition) is 3. The number of nitrogens with one attached hydrogen (secondary N) is 2. The number of benzene rings is 1. The Labute approximate surface area is 189 Å². The number of thiophene rings is 2. The van der Waals surface area contributed by atoms with Gasteiger partial charge in [-0.3, -0.25) is 9.59 Å². The number of rotatable bonds is 6. The van der Waals surface area contributed by atoms with Crippen LogP contribution in [0.5, 0.6) is 5.75 Å². The van der Waals surface area contributed by atoms with Crippen LogP contribution in [0.25, 0.3) is 10.4 Å². The molecule has 162 valence electrons. The first-order valence-corrected chi connectivity index (χ1v) is 11.5. The van der Waals surface area contributed by atoms with Gasteiger partial charge >= 0.3 is 0 Å². The van der Waals surface area contributed by atoms with Gasteiger partial charge in [0.2, 0.25) is 0 Å². The van der Waals surface area contributed by atoms with Crippen molar-refractivity contribution in [3.63, 3.8) is 0 Å². The third kappa shape index (κ3) is 5.21. The lowest BCUT2D eigenvalue weighted by Gasteiger charge is -2.06. The maximum absolute atomic E-state index is 12.4. The summed E-state index contributed by atoms with van der Waals surface area (Å²) in [5, 5.41) is 19.5. The molecule has 0 spiro atoms. The Morgan fingerprint density at radius 3 is 2.35 bits per heavy atom. The van der Waals surface area contributed by atoms with Crippen LogP contribution in [0, 0.1) is 13.8 Å². The zero-order valence-electron chi connectivity index (χ0n) is 18.1. The van der Waals surface area contributed by atoms with Gasteiger partial charge in [-0.15, -0.1) is 22.7 Å². The minimum Gasteiger partial charge on any atom is -0.506 e. The van der Waals surface area contributed by atoms with Crippen molar-refractivity contribution < 1.29 is 14.7 Å². The van der Waals surface area contributed by atoms with Gasteiger partial charge in [0.1, 0.15) is 5.75 Å².